The van der Waals surface area contributed by atoms with Gasteiger partial charge in [0, 0.05) is 10.4 Å². The molecule has 0 amide bonds. The summed E-state index contributed by atoms with van der Waals surface area (Å²) >= 11 is 13.3. The molecule has 0 nitrogen and oxygen atoms in total. The summed E-state index contributed by atoms with van der Waals surface area (Å²) in [4.78, 5) is 0.707. The summed E-state index contributed by atoms with van der Waals surface area (Å²) in [7, 11) is 0. The van der Waals surface area contributed by atoms with E-state index in [-0.39, 0.29) is 5.56 Å². The number of aryl methyl sites for hydroxylation is 1. The third-order valence-corrected chi connectivity index (χ3v) is 4.60. The summed E-state index contributed by atoms with van der Waals surface area (Å²) in [6.45, 7) is 1.84. The van der Waals surface area contributed by atoms with Crippen LogP contribution >= 0.6 is 34.5 Å². The van der Waals surface area contributed by atoms with Crippen molar-refractivity contribution in [3.05, 3.63) is 56.2 Å². The predicted octanol–water partition coefficient (Wildman–Crippen LogP) is 5.32. The van der Waals surface area contributed by atoms with Crippen LogP contribution in [0.5, 0.6) is 0 Å². The van der Waals surface area contributed by atoms with Crippen molar-refractivity contribution in [3.8, 4) is 0 Å². The van der Waals surface area contributed by atoms with Gasteiger partial charge in [-0.05, 0) is 24.6 Å². The highest BCUT2D eigenvalue weighted by Crippen LogP contribution is 2.38. The molecule has 0 N–H and O–H groups in total. The second-order valence-electron chi connectivity index (χ2n) is 3.61. The van der Waals surface area contributed by atoms with Crippen LogP contribution in [0.1, 0.15) is 21.4 Å². The van der Waals surface area contributed by atoms with Gasteiger partial charge in [-0.1, -0.05) is 23.7 Å². The standard InChI is InChI=1S/C12H8Cl2F2S/c1-6-5-9(17-12(6)14)10(13)7-3-2-4-8(15)11(7)16/h2-5,10H,1H3. The first kappa shape index (κ1) is 12.8. The van der Waals surface area contributed by atoms with Gasteiger partial charge < -0.3 is 0 Å². The molecule has 2 aromatic rings. The third kappa shape index (κ3) is 2.46. The normalized spacial score (nSPS) is 12.8. The van der Waals surface area contributed by atoms with Crippen LogP contribution in [0.2, 0.25) is 4.34 Å². The summed E-state index contributed by atoms with van der Waals surface area (Å²) in [5.41, 5.74) is 1.01. The summed E-state index contributed by atoms with van der Waals surface area (Å²) < 4.78 is 27.3. The molecule has 1 aromatic heterocycles. The summed E-state index contributed by atoms with van der Waals surface area (Å²) in [5.74, 6) is -1.80. The van der Waals surface area contributed by atoms with E-state index in [1.807, 2.05) is 6.92 Å². The Morgan fingerprint density at radius 3 is 2.59 bits per heavy atom. The van der Waals surface area contributed by atoms with Crippen molar-refractivity contribution in [3.63, 3.8) is 0 Å². The molecular weight excluding hydrogens is 285 g/mol. The molecule has 17 heavy (non-hydrogen) atoms. The first-order valence-electron chi connectivity index (χ1n) is 4.84. The second-order valence-corrected chi connectivity index (χ2v) is 5.73. The zero-order chi connectivity index (χ0) is 12.6. The monoisotopic (exact) mass is 292 g/mol. The van der Waals surface area contributed by atoms with E-state index in [9.17, 15) is 8.78 Å². The molecule has 0 aliphatic carbocycles. The van der Waals surface area contributed by atoms with Gasteiger partial charge in [0.25, 0.3) is 0 Å². The second kappa shape index (κ2) is 4.92. The van der Waals surface area contributed by atoms with E-state index in [0.717, 1.165) is 11.6 Å². The minimum atomic E-state index is -0.908. The molecule has 0 bridgehead atoms. The lowest BCUT2D eigenvalue weighted by atomic mass is 10.1. The Bertz CT molecular complexity index is 532. The molecular formula is C12H8Cl2F2S. The van der Waals surface area contributed by atoms with Gasteiger partial charge >= 0.3 is 0 Å². The first-order chi connectivity index (χ1) is 8.00. The minimum absolute atomic E-state index is 0.129. The van der Waals surface area contributed by atoms with Crippen LogP contribution < -0.4 is 0 Å². The van der Waals surface area contributed by atoms with Crippen LogP contribution in [0.25, 0.3) is 0 Å². The van der Waals surface area contributed by atoms with E-state index in [4.69, 9.17) is 23.2 Å². The Balaban J connectivity index is 2.43. The number of halogens is 4. The number of hydrogen-bond acceptors (Lipinski definition) is 1. The number of alkyl halides is 1. The Morgan fingerprint density at radius 2 is 2.00 bits per heavy atom. The topological polar surface area (TPSA) is 0 Å². The van der Waals surface area contributed by atoms with E-state index in [1.165, 1.54) is 23.5 Å². The number of thiophene rings is 1. The lowest BCUT2D eigenvalue weighted by Crippen LogP contribution is -1.97. The van der Waals surface area contributed by atoms with Crippen molar-refractivity contribution in [1.29, 1.82) is 0 Å². The largest absolute Gasteiger partial charge is 0.204 e. The van der Waals surface area contributed by atoms with Crippen molar-refractivity contribution in [2.45, 2.75) is 12.3 Å². The van der Waals surface area contributed by atoms with Crippen LogP contribution in [0.15, 0.2) is 24.3 Å². The Morgan fingerprint density at radius 1 is 1.29 bits per heavy atom. The van der Waals surface area contributed by atoms with Gasteiger partial charge in [-0.2, -0.15) is 0 Å². The molecule has 0 saturated carbocycles. The molecule has 0 radical (unpaired) electrons. The Hall–Kier alpha value is -0.640. The molecule has 1 unspecified atom stereocenters. The van der Waals surface area contributed by atoms with Crippen molar-refractivity contribution in [2.24, 2.45) is 0 Å². The highest BCUT2D eigenvalue weighted by atomic mass is 35.5. The zero-order valence-corrected chi connectivity index (χ0v) is 11.1. The molecule has 1 heterocycles. The summed E-state index contributed by atoms with van der Waals surface area (Å²) in [6.07, 6.45) is 0. The molecule has 0 fully saturated rings. The maximum Gasteiger partial charge on any atom is 0.163 e. The van der Waals surface area contributed by atoms with Gasteiger partial charge in [0.05, 0.1) is 9.71 Å². The fourth-order valence-electron chi connectivity index (χ4n) is 1.48. The molecule has 1 aromatic carbocycles. The van der Waals surface area contributed by atoms with Crippen molar-refractivity contribution in [1.82, 2.24) is 0 Å². The number of benzene rings is 1. The van der Waals surface area contributed by atoms with Gasteiger partial charge in [0.15, 0.2) is 11.6 Å². The number of rotatable bonds is 2. The van der Waals surface area contributed by atoms with Crippen LogP contribution in [-0.4, -0.2) is 0 Å². The summed E-state index contributed by atoms with van der Waals surface area (Å²) in [6, 6.07) is 5.76. The van der Waals surface area contributed by atoms with Crippen LogP contribution in [0.4, 0.5) is 8.78 Å². The highest BCUT2D eigenvalue weighted by Gasteiger charge is 2.20. The SMILES string of the molecule is Cc1cc(C(Cl)c2cccc(F)c2F)sc1Cl. The van der Waals surface area contributed by atoms with Crippen LogP contribution in [-0.2, 0) is 0 Å². The Kier molecular flexibility index (Phi) is 3.71. The summed E-state index contributed by atoms with van der Waals surface area (Å²) in [5, 5.41) is -0.720. The van der Waals surface area contributed by atoms with E-state index in [2.05, 4.69) is 0 Å². The minimum Gasteiger partial charge on any atom is -0.204 e. The van der Waals surface area contributed by atoms with E-state index in [1.54, 1.807) is 6.07 Å². The fourth-order valence-corrected chi connectivity index (χ4v) is 3.06. The molecule has 2 rings (SSSR count). The quantitative estimate of drug-likeness (QED) is 0.658. The lowest BCUT2D eigenvalue weighted by molar-refractivity contribution is 0.500. The third-order valence-electron chi connectivity index (χ3n) is 2.38. The lowest BCUT2D eigenvalue weighted by Gasteiger charge is -2.09. The maximum atomic E-state index is 13.6. The van der Waals surface area contributed by atoms with Gasteiger partial charge in [0.1, 0.15) is 0 Å². The number of hydrogen-bond donors (Lipinski definition) is 0. The highest BCUT2D eigenvalue weighted by molar-refractivity contribution is 7.16. The fraction of sp³-hybridized carbons (Fsp3) is 0.167. The average Bonchev–Trinajstić information content (AvgIpc) is 2.62. The average molecular weight is 293 g/mol. The van der Waals surface area contributed by atoms with Crippen molar-refractivity contribution < 1.29 is 8.78 Å². The zero-order valence-electron chi connectivity index (χ0n) is 8.81. The van der Waals surface area contributed by atoms with Gasteiger partial charge in [0.2, 0.25) is 0 Å². The molecule has 0 aliphatic rings. The van der Waals surface area contributed by atoms with Crippen LogP contribution in [0, 0.1) is 18.6 Å². The molecule has 0 saturated heterocycles. The van der Waals surface area contributed by atoms with Gasteiger partial charge in [-0.25, -0.2) is 8.78 Å². The molecule has 5 heteroatoms. The maximum absolute atomic E-state index is 13.6. The van der Waals surface area contributed by atoms with E-state index in [0.29, 0.717) is 9.21 Å². The van der Waals surface area contributed by atoms with Crippen molar-refractivity contribution >= 4 is 34.5 Å². The molecule has 0 aliphatic heterocycles. The predicted molar refractivity (Wildman–Crippen MR) is 68.1 cm³/mol. The van der Waals surface area contributed by atoms with Crippen molar-refractivity contribution in [2.75, 3.05) is 0 Å². The molecule has 1 atom stereocenters. The van der Waals surface area contributed by atoms with Gasteiger partial charge in [-0.3, -0.25) is 0 Å². The van der Waals surface area contributed by atoms with Gasteiger partial charge in [-0.15, -0.1) is 22.9 Å². The first-order valence-corrected chi connectivity index (χ1v) is 6.47. The van der Waals surface area contributed by atoms with E-state index >= 15 is 0 Å². The van der Waals surface area contributed by atoms with E-state index < -0.39 is 17.0 Å². The molecule has 90 valence electrons. The molecule has 0 spiro atoms. The smallest absolute Gasteiger partial charge is 0.163 e. The van der Waals surface area contributed by atoms with Crippen LogP contribution in [0.3, 0.4) is 0 Å². The Labute approximate surface area is 112 Å².